The zero-order valence-corrected chi connectivity index (χ0v) is 11.3. The van der Waals surface area contributed by atoms with Gasteiger partial charge >= 0.3 is 0 Å². The Morgan fingerprint density at radius 1 is 1.39 bits per heavy atom. The van der Waals surface area contributed by atoms with Crippen LogP contribution in [0.1, 0.15) is 28.2 Å². The number of carbonyl (C=O) groups excluding carboxylic acids is 1. The average Bonchev–Trinajstić information content (AvgIpc) is 2.89. The molecule has 2 N–H and O–H groups in total. The number of halogens is 1. The second kappa shape index (κ2) is 4.57. The Morgan fingerprint density at radius 3 is 3.11 bits per heavy atom. The van der Waals surface area contributed by atoms with Crippen LogP contribution >= 0.6 is 15.9 Å². The molecule has 4 nitrogen and oxygen atoms in total. The largest absolute Gasteiger partial charge is 0.321 e. The molecule has 5 heteroatoms. The lowest BCUT2D eigenvalue weighted by atomic mass is 10.2. The molecule has 3 rings (SSSR count). The smallest absolute Gasteiger partial charge is 0.276 e. The molecule has 0 radical (unpaired) electrons. The summed E-state index contributed by atoms with van der Waals surface area (Å²) in [4.78, 5) is 12.1. The van der Waals surface area contributed by atoms with Crippen LogP contribution < -0.4 is 5.32 Å². The van der Waals surface area contributed by atoms with Gasteiger partial charge in [-0.05, 0) is 37.5 Å². The number of amides is 1. The molecule has 0 aliphatic heterocycles. The maximum Gasteiger partial charge on any atom is 0.276 e. The first-order valence-corrected chi connectivity index (χ1v) is 6.66. The second-order valence-corrected chi connectivity index (χ2v) is 5.26. The second-order valence-electron chi connectivity index (χ2n) is 4.35. The summed E-state index contributed by atoms with van der Waals surface area (Å²) in [5.41, 5.74) is 3.48. The number of hydrogen-bond acceptors (Lipinski definition) is 2. The predicted octanol–water partition coefficient (Wildman–Crippen LogP) is 2.91. The Morgan fingerprint density at radius 2 is 2.28 bits per heavy atom. The Balaban J connectivity index is 1.83. The van der Waals surface area contributed by atoms with Gasteiger partial charge in [-0.25, -0.2) is 0 Å². The molecule has 1 aliphatic carbocycles. The van der Waals surface area contributed by atoms with Gasteiger partial charge in [0, 0.05) is 21.4 Å². The lowest BCUT2D eigenvalue weighted by molar-refractivity contribution is 0.102. The van der Waals surface area contributed by atoms with Gasteiger partial charge in [-0.1, -0.05) is 22.0 Å². The van der Waals surface area contributed by atoms with Crippen molar-refractivity contribution in [3.8, 4) is 0 Å². The minimum absolute atomic E-state index is 0.146. The first kappa shape index (κ1) is 11.5. The first-order valence-electron chi connectivity index (χ1n) is 5.87. The quantitative estimate of drug-likeness (QED) is 0.896. The van der Waals surface area contributed by atoms with E-state index in [4.69, 9.17) is 0 Å². The van der Waals surface area contributed by atoms with Crippen LogP contribution in [0.15, 0.2) is 28.7 Å². The number of hydrogen-bond donors (Lipinski definition) is 2. The number of H-pyrrole nitrogens is 1. The summed E-state index contributed by atoms with van der Waals surface area (Å²) in [6.45, 7) is 0. The molecule has 1 aromatic carbocycles. The van der Waals surface area contributed by atoms with E-state index in [1.807, 2.05) is 24.3 Å². The highest BCUT2D eigenvalue weighted by atomic mass is 79.9. The Hall–Kier alpha value is -1.62. The molecule has 0 saturated heterocycles. The number of anilines is 1. The fourth-order valence-corrected chi connectivity index (χ4v) is 2.66. The highest BCUT2D eigenvalue weighted by Crippen LogP contribution is 2.23. The predicted molar refractivity (Wildman–Crippen MR) is 72.7 cm³/mol. The van der Waals surface area contributed by atoms with Gasteiger partial charge in [0.25, 0.3) is 5.91 Å². The highest BCUT2D eigenvalue weighted by molar-refractivity contribution is 9.10. The number of nitrogens with zero attached hydrogens (tertiary/aromatic N) is 1. The summed E-state index contributed by atoms with van der Waals surface area (Å²) in [5, 5.41) is 9.92. The fraction of sp³-hybridized carbons (Fsp3) is 0.231. The molecular weight excluding hydrogens is 294 g/mol. The van der Waals surface area contributed by atoms with Crippen molar-refractivity contribution in [3.05, 3.63) is 45.7 Å². The summed E-state index contributed by atoms with van der Waals surface area (Å²) < 4.78 is 0.938. The van der Waals surface area contributed by atoms with E-state index in [0.29, 0.717) is 5.69 Å². The van der Waals surface area contributed by atoms with E-state index >= 15 is 0 Å². The van der Waals surface area contributed by atoms with Gasteiger partial charge in [0.1, 0.15) is 0 Å². The number of rotatable bonds is 2. The SMILES string of the molecule is O=C(Nc1cccc(Br)c1)c1n[nH]c2c1CCC2. The van der Waals surface area contributed by atoms with Crippen LogP contribution in [0.2, 0.25) is 0 Å². The summed E-state index contributed by atoms with van der Waals surface area (Å²) in [5.74, 6) is -0.146. The van der Waals surface area contributed by atoms with Gasteiger partial charge in [-0.2, -0.15) is 5.10 Å². The van der Waals surface area contributed by atoms with Gasteiger partial charge in [0.15, 0.2) is 5.69 Å². The minimum Gasteiger partial charge on any atom is -0.321 e. The van der Waals surface area contributed by atoms with E-state index in [2.05, 4.69) is 31.4 Å². The third-order valence-electron chi connectivity index (χ3n) is 3.10. The fourth-order valence-electron chi connectivity index (χ4n) is 2.26. The Labute approximate surface area is 113 Å². The first-order chi connectivity index (χ1) is 8.74. The topological polar surface area (TPSA) is 57.8 Å². The molecular formula is C13H12BrN3O. The van der Waals surface area contributed by atoms with Crippen LogP contribution in [0, 0.1) is 0 Å². The summed E-state index contributed by atoms with van der Waals surface area (Å²) >= 11 is 3.38. The van der Waals surface area contributed by atoms with Crippen molar-refractivity contribution < 1.29 is 4.79 Å². The van der Waals surface area contributed by atoms with E-state index in [1.54, 1.807) is 0 Å². The minimum atomic E-state index is -0.146. The summed E-state index contributed by atoms with van der Waals surface area (Å²) in [6.07, 6.45) is 3.03. The Kier molecular flexibility index (Phi) is 2.91. The van der Waals surface area contributed by atoms with E-state index in [0.717, 1.165) is 40.7 Å². The third kappa shape index (κ3) is 2.06. The molecule has 0 saturated carbocycles. The zero-order chi connectivity index (χ0) is 12.5. The molecule has 1 aliphatic rings. The van der Waals surface area contributed by atoms with Crippen molar-refractivity contribution in [2.45, 2.75) is 19.3 Å². The number of carbonyl (C=O) groups is 1. The third-order valence-corrected chi connectivity index (χ3v) is 3.60. The van der Waals surface area contributed by atoms with Crippen LogP contribution in [-0.2, 0) is 12.8 Å². The monoisotopic (exact) mass is 305 g/mol. The van der Waals surface area contributed by atoms with E-state index < -0.39 is 0 Å². The lowest BCUT2D eigenvalue weighted by Crippen LogP contribution is -2.14. The van der Waals surface area contributed by atoms with Gasteiger partial charge < -0.3 is 5.32 Å². The van der Waals surface area contributed by atoms with Crippen LogP contribution in [0.5, 0.6) is 0 Å². The molecule has 0 fully saturated rings. The van der Waals surface area contributed by atoms with E-state index in [9.17, 15) is 4.79 Å². The normalized spacial score (nSPS) is 13.4. The molecule has 0 atom stereocenters. The van der Waals surface area contributed by atoms with Crippen LogP contribution in [0.4, 0.5) is 5.69 Å². The molecule has 2 aromatic rings. The van der Waals surface area contributed by atoms with Crippen molar-refractivity contribution in [2.75, 3.05) is 5.32 Å². The van der Waals surface area contributed by atoms with Gasteiger partial charge in [-0.3, -0.25) is 9.89 Å². The van der Waals surface area contributed by atoms with Gasteiger partial charge in [0.05, 0.1) is 0 Å². The van der Waals surface area contributed by atoms with Crippen LogP contribution in [0.3, 0.4) is 0 Å². The average molecular weight is 306 g/mol. The lowest BCUT2D eigenvalue weighted by Gasteiger charge is -2.04. The van der Waals surface area contributed by atoms with Crippen molar-refractivity contribution in [2.24, 2.45) is 0 Å². The number of aromatic amines is 1. The van der Waals surface area contributed by atoms with Crippen LogP contribution in [0.25, 0.3) is 0 Å². The molecule has 1 amide bonds. The highest BCUT2D eigenvalue weighted by Gasteiger charge is 2.22. The number of nitrogens with one attached hydrogen (secondary N) is 2. The number of fused-ring (bicyclic) bond motifs is 1. The molecule has 0 spiro atoms. The molecule has 1 aromatic heterocycles. The zero-order valence-electron chi connectivity index (χ0n) is 9.66. The number of aromatic nitrogens is 2. The van der Waals surface area contributed by atoms with Gasteiger partial charge in [0.2, 0.25) is 0 Å². The molecule has 1 heterocycles. The molecule has 0 unspecified atom stereocenters. The molecule has 18 heavy (non-hydrogen) atoms. The standard InChI is InChI=1S/C13H12BrN3O/c14-8-3-1-4-9(7-8)15-13(18)12-10-5-2-6-11(10)16-17-12/h1,3-4,7H,2,5-6H2,(H,15,18)(H,16,17). The Bertz CT molecular complexity index is 606. The summed E-state index contributed by atoms with van der Waals surface area (Å²) in [6, 6.07) is 7.52. The van der Waals surface area contributed by atoms with Crippen molar-refractivity contribution in [1.29, 1.82) is 0 Å². The molecule has 0 bridgehead atoms. The number of aryl methyl sites for hydroxylation is 1. The maximum absolute atomic E-state index is 12.1. The van der Waals surface area contributed by atoms with E-state index in [-0.39, 0.29) is 5.91 Å². The van der Waals surface area contributed by atoms with Crippen molar-refractivity contribution >= 4 is 27.5 Å². The summed E-state index contributed by atoms with van der Waals surface area (Å²) in [7, 11) is 0. The van der Waals surface area contributed by atoms with E-state index in [1.165, 1.54) is 0 Å². The van der Waals surface area contributed by atoms with Crippen LogP contribution in [-0.4, -0.2) is 16.1 Å². The maximum atomic E-state index is 12.1. The van der Waals surface area contributed by atoms with Crippen molar-refractivity contribution in [3.63, 3.8) is 0 Å². The van der Waals surface area contributed by atoms with Crippen molar-refractivity contribution in [1.82, 2.24) is 10.2 Å². The molecule has 92 valence electrons. The number of benzene rings is 1. The van der Waals surface area contributed by atoms with Gasteiger partial charge in [-0.15, -0.1) is 0 Å².